The molecular formula is C42H20BF20NO2. The third-order valence-corrected chi connectivity index (χ3v) is 9.94. The number of hydrogen-bond donors (Lipinski definition) is 0. The predicted octanol–water partition coefficient (Wildman–Crippen LogP) is 8.93. The molecular weight excluding hydrogens is 941 g/mol. The fourth-order valence-electron chi connectivity index (χ4n) is 6.99. The number of halogens is 20. The minimum Gasteiger partial charge on any atom is -0.294 e. The summed E-state index contributed by atoms with van der Waals surface area (Å²) in [6, 6.07) is 12.8. The highest BCUT2D eigenvalue weighted by molar-refractivity contribution is 7.20. The summed E-state index contributed by atoms with van der Waals surface area (Å²) >= 11 is 0. The van der Waals surface area contributed by atoms with Gasteiger partial charge in [-0.3, -0.25) is 9.59 Å². The fraction of sp³-hybridized carbons (Fsp3) is 0.119. The molecule has 0 aliphatic carbocycles. The highest BCUT2D eigenvalue weighted by atomic mass is 19.2. The monoisotopic (exact) mass is 961 g/mol. The molecule has 348 valence electrons. The van der Waals surface area contributed by atoms with Crippen LogP contribution in [0.5, 0.6) is 0 Å². The highest BCUT2D eigenvalue weighted by Gasteiger charge is 2.52. The molecule has 0 saturated heterocycles. The zero-order valence-electron chi connectivity index (χ0n) is 32.6. The van der Waals surface area contributed by atoms with E-state index < -0.39 is 144 Å². The fourth-order valence-corrected chi connectivity index (χ4v) is 6.99. The summed E-state index contributed by atoms with van der Waals surface area (Å²) in [5, 5.41) is 0. The average molecular weight is 961 g/mol. The molecule has 0 bridgehead atoms. The maximum atomic E-state index is 15.4. The molecule has 0 saturated carbocycles. The standard InChI is InChI=1S/C24BF20.C18H20NO2/c26-5-1(6(27)14(35)21(42)13(5)34)25(2-7(28)15(36)22(43)16(37)8(2)29,3-9(30)17(38)23(44)18(39)10(3)31)4-11(32)19(40)24(45)20(41)12(4)33;1-14(2)12-17(20)16-8-10-19(11-9-16)13-18(21)15-6-4-3-5-7-15/h;3-11,14H,12-13H2,1-2H3/q-1;+1. The number of nitrogens with zero attached hydrogens (tertiary/aromatic N) is 1. The lowest BCUT2D eigenvalue weighted by atomic mass is 9.12. The molecule has 0 aliphatic rings. The van der Waals surface area contributed by atoms with E-state index in [0.717, 1.165) is 0 Å². The largest absolute Gasteiger partial charge is 0.294 e. The molecule has 6 rings (SSSR count). The molecule has 0 spiro atoms. The first-order valence-corrected chi connectivity index (χ1v) is 18.1. The second kappa shape index (κ2) is 19.0. The maximum absolute atomic E-state index is 15.4. The van der Waals surface area contributed by atoms with E-state index in [9.17, 15) is 62.3 Å². The van der Waals surface area contributed by atoms with Gasteiger partial charge in [0.1, 0.15) is 52.7 Å². The number of benzene rings is 5. The lowest BCUT2D eigenvalue weighted by molar-refractivity contribution is -0.683. The van der Waals surface area contributed by atoms with Gasteiger partial charge in [-0.05, 0) is 5.92 Å². The van der Waals surface area contributed by atoms with Crippen molar-refractivity contribution in [3.8, 4) is 0 Å². The summed E-state index contributed by atoms with van der Waals surface area (Å²) in [7, 11) is 0. The van der Waals surface area contributed by atoms with Crippen LogP contribution in [0.2, 0.25) is 0 Å². The smallest absolute Gasteiger partial charge is 0.227 e. The summed E-state index contributed by atoms with van der Waals surface area (Å²) in [4.78, 5) is 24.0. The zero-order valence-corrected chi connectivity index (χ0v) is 32.6. The minimum atomic E-state index is -7.22. The van der Waals surface area contributed by atoms with Crippen LogP contribution >= 0.6 is 0 Å². The Morgan fingerprint density at radius 3 is 0.879 bits per heavy atom. The molecule has 0 fully saturated rings. The van der Waals surface area contributed by atoms with Crippen LogP contribution in [0.3, 0.4) is 0 Å². The lowest BCUT2D eigenvalue weighted by Gasteiger charge is -2.44. The first-order chi connectivity index (χ1) is 30.8. The summed E-state index contributed by atoms with van der Waals surface area (Å²) in [6.45, 7) is 4.34. The number of rotatable bonds is 10. The quantitative estimate of drug-likeness (QED) is 0.0344. The van der Waals surface area contributed by atoms with E-state index in [-0.39, 0.29) is 18.1 Å². The number of aromatic nitrogens is 1. The minimum absolute atomic E-state index is 0.0573. The lowest BCUT2D eigenvalue weighted by Crippen LogP contribution is -2.81. The van der Waals surface area contributed by atoms with Crippen molar-refractivity contribution in [2.75, 3.05) is 0 Å². The Morgan fingerprint density at radius 2 is 0.621 bits per heavy atom. The van der Waals surface area contributed by atoms with Gasteiger partial charge in [-0.1, -0.05) is 44.2 Å². The van der Waals surface area contributed by atoms with Crippen molar-refractivity contribution in [2.24, 2.45) is 5.92 Å². The van der Waals surface area contributed by atoms with Gasteiger partial charge >= 0.3 is 0 Å². The summed E-state index contributed by atoms with van der Waals surface area (Å²) in [5.41, 5.74) is -12.9. The van der Waals surface area contributed by atoms with Crippen molar-refractivity contribution in [1.29, 1.82) is 0 Å². The number of carbonyl (C=O) groups is 2. The van der Waals surface area contributed by atoms with E-state index in [1.54, 1.807) is 29.1 Å². The first kappa shape index (κ1) is 50.3. The van der Waals surface area contributed by atoms with E-state index in [0.29, 0.717) is 23.5 Å². The van der Waals surface area contributed by atoms with Crippen LogP contribution in [-0.2, 0) is 6.54 Å². The molecule has 3 nitrogen and oxygen atoms in total. The third-order valence-electron chi connectivity index (χ3n) is 9.94. The molecule has 0 unspecified atom stereocenters. The van der Waals surface area contributed by atoms with E-state index in [2.05, 4.69) is 0 Å². The van der Waals surface area contributed by atoms with Gasteiger partial charge in [-0.2, -0.15) is 4.57 Å². The summed E-state index contributed by atoms with van der Waals surface area (Å²) in [6.07, 6.45) is -3.10. The van der Waals surface area contributed by atoms with E-state index in [1.165, 1.54) is 0 Å². The number of hydrogen-bond acceptors (Lipinski definition) is 2. The number of ketones is 2. The van der Waals surface area contributed by atoms with Crippen molar-refractivity contribution in [2.45, 2.75) is 26.8 Å². The Labute approximate surface area is 356 Å². The second-order valence-electron chi connectivity index (χ2n) is 14.4. The van der Waals surface area contributed by atoms with Gasteiger partial charge in [0, 0.05) is 29.7 Å². The number of pyridine rings is 1. The zero-order chi connectivity index (χ0) is 49.6. The predicted molar refractivity (Wildman–Crippen MR) is 190 cm³/mol. The molecule has 0 amide bonds. The van der Waals surface area contributed by atoms with Gasteiger partial charge in [0.25, 0.3) is 0 Å². The van der Waals surface area contributed by atoms with Crippen molar-refractivity contribution in [3.63, 3.8) is 0 Å². The van der Waals surface area contributed by atoms with Crippen molar-refractivity contribution < 1.29 is 102 Å². The SMILES string of the molecule is CC(C)CC(=O)c1cc[n+](CC(=O)c2ccccc2)cc1.Fc1c(F)c(F)c([B-](c2c(F)c(F)c(F)c(F)c2F)(c2c(F)c(F)c(F)c(F)c2F)c2c(F)c(F)c(F)c(F)c2F)c(F)c1F. The van der Waals surface area contributed by atoms with E-state index in [1.807, 2.05) is 44.2 Å². The molecule has 24 heteroatoms. The topological polar surface area (TPSA) is 38.0 Å². The van der Waals surface area contributed by atoms with Gasteiger partial charge in [-0.15, -0.1) is 21.9 Å². The van der Waals surface area contributed by atoms with Crippen LogP contribution in [0.1, 0.15) is 41.0 Å². The van der Waals surface area contributed by atoms with Crippen LogP contribution in [-0.4, -0.2) is 17.7 Å². The van der Waals surface area contributed by atoms with Crippen molar-refractivity contribution in [3.05, 3.63) is 182 Å². The molecule has 5 aromatic carbocycles. The average Bonchev–Trinajstić information content (AvgIpc) is 3.29. The van der Waals surface area contributed by atoms with Crippen molar-refractivity contribution in [1.82, 2.24) is 0 Å². The maximum Gasteiger partial charge on any atom is 0.227 e. The molecule has 1 aromatic heterocycles. The van der Waals surface area contributed by atoms with Gasteiger partial charge in [0.2, 0.25) is 12.3 Å². The molecule has 6 aromatic rings. The van der Waals surface area contributed by atoms with Crippen LogP contribution < -0.4 is 26.4 Å². The summed E-state index contributed by atoms with van der Waals surface area (Å²) < 4.78 is 296. The highest BCUT2D eigenvalue weighted by Crippen LogP contribution is 2.31. The molecule has 1 heterocycles. The first-order valence-electron chi connectivity index (χ1n) is 18.1. The van der Waals surface area contributed by atoms with Gasteiger partial charge < -0.3 is 0 Å². The Hall–Kier alpha value is -6.75. The number of Topliss-reactive ketones (excluding diaryl/α,β-unsaturated/α-hetero) is 2. The molecule has 0 aliphatic heterocycles. The second-order valence-corrected chi connectivity index (χ2v) is 14.4. The van der Waals surface area contributed by atoms with Crippen molar-refractivity contribution >= 4 is 39.6 Å². The Kier molecular flexibility index (Phi) is 14.5. The van der Waals surface area contributed by atoms with Crippen LogP contribution in [0.15, 0.2) is 54.9 Å². The Bertz CT molecular complexity index is 2550. The Balaban J connectivity index is 0.000000324. The normalized spacial score (nSPS) is 11.6. The summed E-state index contributed by atoms with van der Waals surface area (Å²) in [5.74, 6) is -70.9. The Morgan fingerprint density at radius 1 is 0.379 bits per heavy atom. The van der Waals surface area contributed by atoms with Gasteiger partial charge in [0.15, 0.2) is 88.0 Å². The third kappa shape index (κ3) is 8.36. The van der Waals surface area contributed by atoms with Gasteiger partial charge in [-0.25, -0.2) is 87.8 Å². The van der Waals surface area contributed by atoms with Gasteiger partial charge in [0.05, 0.1) is 0 Å². The van der Waals surface area contributed by atoms with E-state index in [4.69, 9.17) is 0 Å². The molecule has 0 radical (unpaired) electrons. The molecule has 0 atom stereocenters. The van der Waals surface area contributed by atoms with Crippen LogP contribution in [0.4, 0.5) is 87.8 Å². The van der Waals surface area contributed by atoms with Crippen LogP contribution in [0, 0.1) is 122 Å². The number of carbonyl (C=O) groups excluding carboxylic acids is 2. The van der Waals surface area contributed by atoms with E-state index >= 15 is 35.1 Å². The van der Waals surface area contributed by atoms with Crippen LogP contribution in [0.25, 0.3) is 0 Å². The molecule has 66 heavy (non-hydrogen) atoms. The molecule has 0 N–H and O–H groups in total.